The summed E-state index contributed by atoms with van der Waals surface area (Å²) >= 11 is 3.53. The lowest BCUT2D eigenvalue weighted by molar-refractivity contribution is 0.310. The van der Waals surface area contributed by atoms with Crippen molar-refractivity contribution >= 4 is 26.8 Å². The molecule has 0 aliphatic carbocycles. The minimum absolute atomic E-state index is 1.04. The standard InChI is InChI=1S/C12H13BrN2/c1-15-5-4-9-10-6-8(13)2-3-11(10)14-12(9)7-15/h2-3,6,14H,4-5,7H2,1H3. The van der Waals surface area contributed by atoms with E-state index in [1.165, 1.54) is 22.2 Å². The number of nitrogens with zero attached hydrogens (tertiary/aromatic N) is 1. The van der Waals surface area contributed by atoms with Crippen molar-refractivity contribution in [3.8, 4) is 0 Å². The van der Waals surface area contributed by atoms with Crippen molar-refractivity contribution in [2.45, 2.75) is 13.0 Å². The number of hydrogen-bond donors (Lipinski definition) is 1. The fraction of sp³-hybridized carbons (Fsp3) is 0.333. The topological polar surface area (TPSA) is 19.0 Å². The highest BCUT2D eigenvalue weighted by Crippen LogP contribution is 2.29. The third kappa shape index (κ3) is 1.50. The molecule has 1 aliphatic heterocycles. The van der Waals surface area contributed by atoms with E-state index < -0.39 is 0 Å². The van der Waals surface area contributed by atoms with E-state index >= 15 is 0 Å². The van der Waals surface area contributed by atoms with Gasteiger partial charge in [0.25, 0.3) is 0 Å². The van der Waals surface area contributed by atoms with Gasteiger partial charge in [0.1, 0.15) is 0 Å². The van der Waals surface area contributed by atoms with Crippen molar-refractivity contribution in [3.63, 3.8) is 0 Å². The molecule has 1 aliphatic rings. The Balaban J connectivity index is 2.24. The number of halogens is 1. The van der Waals surface area contributed by atoms with E-state index in [1.807, 2.05) is 0 Å². The van der Waals surface area contributed by atoms with Crippen molar-refractivity contribution in [1.29, 1.82) is 0 Å². The Bertz CT molecular complexity index is 516. The van der Waals surface area contributed by atoms with Crippen LogP contribution < -0.4 is 0 Å². The lowest BCUT2D eigenvalue weighted by Crippen LogP contribution is -2.26. The summed E-state index contributed by atoms with van der Waals surface area (Å²) in [4.78, 5) is 5.87. The number of likely N-dealkylation sites (N-methyl/N-ethyl adjacent to an activating group) is 1. The van der Waals surface area contributed by atoms with Gasteiger partial charge < -0.3 is 9.88 Å². The van der Waals surface area contributed by atoms with E-state index in [4.69, 9.17) is 0 Å². The van der Waals surface area contributed by atoms with Gasteiger partial charge in [-0.3, -0.25) is 0 Å². The summed E-state index contributed by atoms with van der Waals surface area (Å²) in [5.74, 6) is 0. The highest BCUT2D eigenvalue weighted by molar-refractivity contribution is 9.10. The Hall–Kier alpha value is -0.800. The van der Waals surface area contributed by atoms with E-state index in [2.05, 4.69) is 51.1 Å². The highest BCUT2D eigenvalue weighted by Gasteiger charge is 2.17. The molecule has 78 valence electrons. The molecule has 1 aromatic heterocycles. The first-order valence-electron chi connectivity index (χ1n) is 5.21. The molecule has 0 fully saturated rings. The lowest BCUT2D eigenvalue weighted by atomic mass is 10.0. The van der Waals surface area contributed by atoms with Gasteiger partial charge in [-0.15, -0.1) is 0 Å². The van der Waals surface area contributed by atoms with Crippen LogP contribution in [-0.4, -0.2) is 23.5 Å². The number of rotatable bonds is 0. The number of benzene rings is 1. The van der Waals surface area contributed by atoms with Gasteiger partial charge in [0.2, 0.25) is 0 Å². The van der Waals surface area contributed by atoms with Crippen LogP contribution in [0.15, 0.2) is 22.7 Å². The van der Waals surface area contributed by atoms with Crippen LogP contribution in [0.2, 0.25) is 0 Å². The quantitative estimate of drug-likeness (QED) is 0.776. The molecule has 0 atom stereocenters. The molecule has 0 saturated heterocycles. The summed E-state index contributed by atoms with van der Waals surface area (Å²) < 4.78 is 1.16. The second-order valence-electron chi connectivity index (χ2n) is 4.26. The van der Waals surface area contributed by atoms with Gasteiger partial charge in [-0.1, -0.05) is 15.9 Å². The average molecular weight is 265 g/mol. The van der Waals surface area contributed by atoms with Crippen LogP contribution in [-0.2, 0) is 13.0 Å². The molecule has 0 spiro atoms. The van der Waals surface area contributed by atoms with Crippen LogP contribution in [0.1, 0.15) is 11.3 Å². The van der Waals surface area contributed by atoms with E-state index in [0.717, 1.165) is 24.0 Å². The Morgan fingerprint density at radius 3 is 3.13 bits per heavy atom. The molecule has 2 aromatic rings. The fourth-order valence-corrected chi connectivity index (χ4v) is 2.71. The zero-order valence-electron chi connectivity index (χ0n) is 8.68. The van der Waals surface area contributed by atoms with Gasteiger partial charge in [0, 0.05) is 34.2 Å². The largest absolute Gasteiger partial charge is 0.357 e. The van der Waals surface area contributed by atoms with Crippen LogP contribution in [0, 0.1) is 0 Å². The van der Waals surface area contributed by atoms with E-state index in [9.17, 15) is 0 Å². The Labute approximate surface area is 97.4 Å². The van der Waals surface area contributed by atoms with E-state index in [-0.39, 0.29) is 0 Å². The summed E-state index contributed by atoms with van der Waals surface area (Å²) in [6.07, 6.45) is 1.16. The van der Waals surface area contributed by atoms with Crippen LogP contribution in [0.3, 0.4) is 0 Å². The minimum Gasteiger partial charge on any atom is -0.357 e. The fourth-order valence-electron chi connectivity index (χ4n) is 2.35. The maximum absolute atomic E-state index is 3.53. The number of H-pyrrole nitrogens is 1. The predicted molar refractivity (Wildman–Crippen MR) is 66.0 cm³/mol. The van der Waals surface area contributed by atoms with Crippen molar-refractivity contribution in [3.05, 3.63) is 33.9 Å². The van der Waals surface area contributed by atoms with Gasteiger partial charge in [-0.25, -0.2) is 0 Å². The monoisotopic (exact) mass is 264 g/mol. The van der Waals surface area contributed by atoms with Crippen molar-refractivity contribution in [2.75, 3.05) is 13.6 Å². The Morgan fingerprint density at radius 2 is 2.27 bits per heavy atom. The van der Waals surface area contributed by atoms with Crippen LogP contribution in [0.5, 0.6) is 0 Å². The van der Waals surface area contributed by atoms with Crippen LogP contribution in [0.4, 0.5) is 0 Å². The van der Waals surface area contributed by atoms with Gasteiger partial charge in [0.05, 0.1) is 0 Å². The Morgan fingerprint density at radius 1 is 1.40 bits per heavy atom. The van der Waals surface area contributed by atoms with Crippen molar-refractivity contribution < 1.29 is 0 Å². The summed E-state index contributed by atoms with van der Waals surface area (Å²) in [7, 11) is 2.17. The molecule has 0 radical (unpaired) electrons. The van der Waals surface area contributed by atoms with Crippen molar-refractivity contribution in [2.24, 2.45) is 0 Å². The summed E-state index contributed by atoms with van der Waals surface area (Å²) in [6, 6.07) is 6.46. The smallest absolute Gasteiger partial charge is 0.0460 e. The van der Waals surface area contributed by atoms with Crippen LogP contribution >= 0.6 is 15.9 Å². The van der Waals surface area contributed by atoms with E-state index in [1.54, 1.807) is 0 Å². The number of nitrogens with one attached hydrogen (secondary N) is 1. The van der Waals surface area contributed by atoms with Gasteiger partial charge >= 0.3 is 0 Å². The number of aromatic nitrogens is 1. The highest BCUT2D eigenvalue weighted by atomic mass is 79.9. The first kappa shape index (κ1) is 9.43. The molecule has 0 amide bonds. The molecule has 2 heterocycles. The first-order valence-corrected chi connectivity index (χ1v) is 6.01. The summed E-state index contributed by atoms with van der Waals surface area (Å²) in [6.45, 7) is 2.20. The number of aromatic amines is 1. The molecular formula is C12H13BrN2. The third-order valence-corrected chi connectivity index (χ3v) is 3.62. The molecule has 3 rings (SSSR count). The van der Waals surface area contributed by atoms with E-state index in [0.29, 0.717) is 0 Å². The second kappa shape index (κ2) is 3.35. The summed E-state index contributed by atoms with van der Waals surface area (Å²) in [5.41, 5.74) is 4.15. The van der Waals surface area contributed by atoms with Gasteiger partial charge in [-0.2, -0.15) is 0 Å². The predicted octanol–water partition coefficient (Wildman–Crippen LogP) is 2.92. The molecule has 15 heavy (non-hydrogen) atoms. The molecule has 0 unspecified atom stereocenters. The normalized spacial score (nSPS) is 16.9. The Kier molecular flexibility index (Phi) is 2.11. The molecule has 2 nitrogen and oxygen atoms in total. The van der Waals surface area contributed by atoms with Gasteiger partial charge in [0.15, 0.2) is 0 Å². The molecule has 0 saturated carbocycles. The number of fused-ring (bicyclic) bond motifs is 3. The number of hydrogen-bond acceptors (Lipinski definition) is 1. The van der Waals surface area contributed by atoms with Crippen LogP contribution in [0.25, 0.3) is 10.9 Å². The molecule has 3 heteroatoms. The molecule has 0 bridgehead atoms. The SMILES string of the molecule is CN1CCc2c([nH]c3ccc(Br)cc23)C1. The zero-order chi connectivity index (χ0) is 10.4. The lowest BCUT2D eigenvalue weighted by Gasteiger charge is -2.22. The first-order chi connectivity index (χ1) is 7.24. The second-order valence-corrected chi connectivity index (χ2v) is 5.18. The molecule has 1 N–H and O–H groups in total. The van der Waals surface area contributed by atoms with Crippen molar-refractivity contribution in [1.82, 2.24) is 9.88 Å². The summed E-state index contributed by atoms with van der Waals surface area (Å²) in [5, 5.41) is 1.38. The maximum Gasteiger partial charge on any atom is 0.0460 e. The minimum atomic E-state index is 1.04. The maximum atomic E-state index is 3.53. The average Bonchev–Trinajstić information content (AvgIpc) is 2.54. The van der Waals surface area contributed by atoms with Gasteiger partial charge in [-0.05, 0) is 37.2 Å². The molecule has 1 aromatic carbocycles. The zero-order valence-corrected chi connectivity index (χ0v) is 10.3. The third-order valence-electron chi connectivity index (χ3n) is 3.13. The molecular weight excluding hydrogens is 252 g/mol.